The fourth-order valence-electron chi connectivity index (χ4n) is 6.43. The number of benzene rings is 2. The first kappa shape index (κ1) is 21.0. The Morgan fingerprint density at radius 3 is 1.97 bits per heavy atom. The highest BCUT2D eigenvalue weighted by Crippen LogP contribution is 2.68. The van der Waals surface area contributed by atoms with Gasteiger partial charge in [-0.25, -0.2) is 0 Å². The van der Waals surface area contributed by atoms with Gasteiger partial charge in [0.15, 0.2) is 0 Å². The molecule has 0 amide bonds. The van der Waals surface area contributed by atoms with Crippen LogP contribution in [0.4, 0.5) is 0 Å². The van der Waals surface area contributed by atoms with Gasteiger partial charge >= 0.3 is 5.97 Å². The number of carbonyl (C=O) groups is 1. The minimum atomic E-state index is -0.274. The molecule has 0 N–H and O–H groups in total. The Balaban J connectivity index is 2.06. The molecule has 0 fully saturated rings. The van der Waals surface area contributed by atoms with Gasteiger partial charge in [-0.1, -0.05) is 53.7 Å². The van der Waals surface area contributed by atoms with Crippen LogP contribution < -0.4 is 9.47 Å². The number of ether oxygens (including phenoxy) is 2. The third-order valence-electron chi connectivity index (χ3n) is 8.61. The van der Waals surface area contributed by atoms with Gasteiger partial charge in [-0.05, 0) is 75.6 Å². The molecule has 3 atom stereocenters. The topological polar surface area (TPSA) is 35.5 Å². The fourth-order valence-corrected chi connectivity index (χ4v) is 6.43. The summed E-state index contributed by atoms with van der Waals surface area (Å²) in [6, 6.07) is 11.0. The van der Waals surface area contributed by atoms with Crippen LogP contribution in [0, 0.1) is 18.8 Å². The standard InChI is InChI=1S/C27H34O3/c1-15-12-23-22(14-24(15)30-18(4)28)26(7,8)17(3)27(23)16(2)25(5,6)21-13-19(29-9)10-11-20(21)27/h10-14,16-17H,1-9H3. The molecule has 4 rings (SSSR count). The number of aryl methyl sites for hydroxylation is 1. The van der Waals surface area contributed by atoms with Crippen molar-refractivity contribution in [1.82, 2.24) is 0 Å². The third-order valence-corrected chi connectivity index (χ3v) is 8.61. The van der Waals surface area contributed by atoms with Crippen LogP contribution in [0.3, 0.4) is 0 Å². The molecule has 2 aliphatic carbocycles. The van der Waals surface area contributed by atoms with Crippen LogP contribution in [0.25, 0.3) is 0 Å². The molecule has 30 heavy (non-hydrogen) atoms. The van der Waals surface area contributed by atoms with Crippen molar-refractivity contribution in [3.8, 4) is 11.5 Å². The summed E-state index contributed by atoms with van der Waals surface area (Å²) < 4.78 is 11.1. The van der Waals surface area contributed by atoms with Crippen molar-refractivity contribution in [2.75, 3.05) is 7.11 Å². The second kappa shape index (κ2) is 6.35. The Morgan fingerprint density at radius 1 is 0.867 bits per heavy atom. The Hall–Kier alpha value is -2.29. The minimum Gasteiger partial charge on any atom is -0.497 e. The second-order valence-electron chi connectivity index (χ2n) is 10.4. The maximum absolute atomic E-state index is 11.7. The van der Waals surface area contributed by atoms with Crippen LogP contribution in [0.5, 0.6) is 11.5 Å². The van der Waals surface area contributed by atoms with E-state index in [1.807, 2.05) is 6.92 Å². The van der Waals surface area contributed by atoms with E-state index in [2.05, 4.69) is 71.9 Å². The van der Waals surface area contributed by atoms with E-state index in [-0.39, 0.29) is 22.2 Å². The molecular formula is C27H34O3. The summed E-state index contributed by atoms with van der Waals surface area (Å²) in [5, 5.41) is 0. The summed E-state index contributed by atoms with van der Waals surface area (Å²) in [6.45, 7) is 17.7. The predicted octanol–water partition coefficient (Wildman–Crippen LogP) is 6.07. The molecule has 3 heteroatoms. The van der Waals surface area contributed by atoms with Crippen LogP contribution >= 0.6 is 0 Å². The maximum Gasteiger partial charge on any atom is 0.308 e. The quantitative estimate of drug-likeness (QED) is 0.448. The first-order chi connectivity index (χ1) is 13.9. The summed E-state index contributed by atoms with van der Waals surface area (Å²) >= 11 is 0. The number of hydrogen-bond donors (Lipinski definition) is 0. The molecule has 3 nitrogen and oxygen atoms in total. The van der Waals surface area contributed by atoms with Gasteiger partial charge in [-0.15, -0.1) is 0 Å². The summed E-state index contributed by atoms with van der Waals surface area (Å²) in [7, 11) is 1.74. The first-order valence-electron chi connectivity index (χ1n) is 10.9. The molecule has 2 aliphatic rings. The van der Waals surface area contributed by atoms with Gasteiger partial charge in [0, 0.05) is 12.3 Å². The van der Waals surface area contributed by atoms with E-state index in [9.17, 15) is 4.79 Å². The smallest absolute Gasteiger partial charge is 0.308 e. The van der Waals surface area contributed by atoms with Crippen LogP contribution in [-0.2, 0) is 21.0 Å². The largest absolute Gasteiger partial charge is 0.497 e. The highest BCUT2D eigenvalue weighted by atomic mass is 16.5. The normalized spacial score (nSPS) is 27.6. The molecule has 160 valence electrons. The zero-order valence-corrected chi connectivity index (χ0v) is 19.8. The molecule has 0 bridgehead atoms. The van der Waals surface area contributed by atoms with Gasteiger partial charge in [-0.2, -0.15) is 0 Å². The number of methoxy groups -OCH3 is 1. The van der Waals surface area contributed by atoms with Gasteiger partial charge < -0.3 is 9.47 Å². The van der Waals surface area contributed by atoms with Crippen molar-refractivity contribution in [2.45, 2.75) is 71.6 Å². The Kier molecular flexibility index (Phi) is 4.44. The van der Waals surface area contributed by atoms with Gasteiger partial charge in [0.2, 0.25) is 0 Å². The van der Waals surface area contributed by atoms with Crippen molar-refractivity contribution in [3.05, 3.63) is 58.1 Å². The number of esters is 1. The SMILES string of the molecule is COc1ccc2c(c1)C(C)(C)C(C)C21c2cc(C)c(OC(C)=O)cc2C(C)(C)C1C. The third kappa shape index (κ3) is 2.41. The molecule has 0 aromatic heterocycles. The molecule has 3 unspecified atom stereocenters. The Labute approximate surface area is 180 Å². The van der Waals surface area contributed by atoms with E-state index in [1.165, 1.54) is 29.2 Å². The van der Waals surface area contributed by atoms with Gasteiger partial charge in [0.25, 0.3) is 0 Å². The number of rotatable bonds is 2. The summed E-state index contributed by atoms with van der Waals surface area (Å²) in [5.41, 5.74) is 6.36. The van der Waals surface area contributed by atoms with Crippen LogP contribution in [-0.4, -0.2) is 13.1 Å². The number of carbonyl (C=O) groups excluding carboxylic acids is 1. The number of hydrogen-bond acceptors (Lipinski definition) is 3. The summed E-state index contributed by atoms with van der Waals surface area (Å²) in [5.74, 6) is 2.11. The van der Waals surface area contributed by atoms with Gasteiger partial charge in [-0.3, -0.25) is 4.79 Å². The summed E-state index contributed by atoms with van der Waals surface area (Å²) in [6.07, 6.45) is 0. The van der Waals surface area contributed by atoms with Crippen molar-refractivity contribution in [2.24, 2.45) is 11.8 Å². The van der Waals surface area contributed by atoms with Crippen LogP contribution in [0.2, 0.25) is 0 Å². The maximum atomic E-state index is 11.7. The fraction of sp³-hybridized carbons (Fsp3) is 0.519. The minimum absolute atomic E-state index is 0.0122. The molecule has 0 heterocycles. The monoisotopic (exact) mass is 406 g/mol. The van der Waals surface area contributed by atoms with Crippen molar-refractivity contribution < 1.29 is 14.3 Å². The van der Waals surface area contributed by atoms with E-state index < -0.39 is 0 Å². The molecule has 0 saturated carbocycles. The Bertz CT molecular complexity index is 1050. The highest BCUT2D eigenvalue weighted by molar-refractivity contribution is 5.71. The van der Waals surface area contributed by atoms with Crippen LogP contribution in [0.15, 0.2) is 30.3 Å². The van der Waals surface area contributed by atoms with Crippen LogP contribution in [0.1, 0.15) is 76.3 Å². The highest BCUT2D eigenvalue weighted by Gasteiger charge is 2.64. The average molecular weight is 407 g/mol. The number of fused-ring (bicyclic) bond motifs is 4. The molecule has 0 saturated heterocycles. The van der Waals surface area contributed by atoms with E-state index in [4.69, 9.17) is 9.47 Å². The lowest BCUT2D eigenvalue weighted by Gasteiger charge is -2.43. The molecule has 2 aromatic rings. The van der Waals surface area contributed by atoms with E-state index >= 15 is 0 Å². The van der Waals surface area contributed by atoms with Gasteiger partial charge in [0.05, 0.1) is 7.11 Å². The Morgan fingerprint density at radius 2 is 1.43 bits per heavy atom. The zero-order chi connectivity index (χ0) is 22.2. The van der Waals surface area contributed by atoms with E-state index in [1.54, 1.807) is 7.11 Å². The molecular weight excluding hydrogens is 372 g/mol. The average Bonchev–Trinajstić information content (AvgIpc) is 2.95. The molecule has 0 radical (unpaired) electrons. The lowest BCUT2D eigenvalue weighted by Crippen LogP contribution is -2.43. The zero-order valence-electron chi connectivity index (χ0n) is 19.8. The lowest BCUT2D eigenvalue weighted by atomic mass is 9.59. The lowest BCUT2D eigenvalue weighted by molar-refractivity contribution is -0.131. The molecule has 0 aliphatic heterocycles. The van der Waals surface area contributed by atoms with E-state index in [0.717, 1.165) is 11.3 Å². The summed E-state index contributed by atoms with van der Waals surface area (Å²) in [4.78, 5) is 11.7. The van der Waals surface area contributed by atoms with Gasteiger partial charge in [0.1, 0.15) is 11.5 Å². The molecule has 2 aromatic carbocycles. The van der Waals surface area contributed by atoms with Crippen molar-refractivity contribution in [3.63, 3.8) is 0 Å². The van der Waals surface area contributed by atoms with E-state index in [0.29, 0.717) is 17.6 Å². The van der Waals surface area contributed by atoms with Crippen molar-refractivity contribution >= 4 is 5.97 Å². The van der Waals surface area contributed by atoms with Crippen molar-refractivity contribution in [1.29, 1.82) is 0 Å². The predicted molar refractivity (Wildman–Crippen MR) is 121 cm³/mol. The molecule has 1 spiro atoms. The second-order valence-corrected chi connectivity index (χ2v) is 10.4. The first-order valence-corrected chi connectivity index (χ1v) is 10.9.